The standard InChI is InChI=1S/C11H13ClF2N2O4S/c12-8-2-1-7(5-9(8)21(15,18)19)11(17)16-3-4-20-6-10(13)14/h1-2,5,10H,3-4,6H2,(H,16,17)(H2,15,18,19). The Morgan fingerprint density at radius 3 is 2.67 bits per heavy atom. The van der Waals surface area contributed by atoms with Crippen molar-refractivity contribution in [3.8, 4) is 0 Å². The van der Waals surface area contributed by atoms with Gasteiger partial charge in [0.2, 0.25) is 10.0 Å². The number of benzene rings is 1. The van der Waals surface area contributed by atoms with Gasteiger partial charge in [0.1, 0.15) is 11.5 Å². The van der Waals surface area contributed by atoms with Gasteiger partial charge in [-0.25, -0.2) is 22.3 Å². The topological polar surface area (TPSA) is 98.5 Å². The van der Waals surface area contributed by atoms with E-state index in [1.165, 1.54) is 12.1 Å². The number of nitrogens with one attached hydrogen (secondary N) is 1. The van der Waals surface area contributed by atoms with Crippen LogP contribution in [0.4, 0.5) is 8.78 Å². The molecule has 6 nitrogen and oxygen atoms in total. The summed E-state index contributed by atoms with van der Waals surface area (Å²) in [6.07, 6.45) is -2.57. The van der Waals surface area contributed by atoms with Gasteiger partial charge in [0.15, 0.2) is 0 Å². The summed E-state index contributed by atoms with van der Waals surface area (Å²) < 4.78 is 50.7. The number of ether oxygens (including phenoxy) is 1. The molecule has 118 valence electrons. The van der Waals surface area contributed by atoms with Gasteiger partial charge in [0.05, 0.1) is 11.6 Å². The van der Waals surface area contributed by atoms with Crippen molar-refractivity contribution < 1.29 is 26.7 Å². The highest BCUT2D eigenvalue weighted by Gasteiger charge is 2.16. The van der Waals surface area contributed by atoms with E-state index in [-0.39, 0.29) is 28.6 Å². The number of rotatable bonds is 7. The number of sulfonamides is 1. The minimum atomic E-state index is -4.05. The van der Waals surface area contributed by atoms with E-state index in [1.807, 2.05) is 0 Å². The Morgan fingerprint density at radius 2 is 2.10 bits per heavy atom. The summed E-state index contributed by atoms with van der Waals surface area (Å²) in [6, 6.07) is 3.57. The van der Waals surface area contributed by atoms with Crippen molar-refractivity contribution >= 4 is 27.5 Å². The van der Waals surface area contributed by atoms with Crippen molar-refractivity contribution in [2.45, 2.75) is 11.3 Å². The van der Waals surface area contributed by atoms with Gasteiger partial charge in [0, 0.05) is 12.1 Å². The van der Waals surface area contributed by atoms with Crippen LogP contribution in [0.1, 0.15) is 10.4 Å². The van der Waals surface area contributed by atoms with Crippen molar-refractivity contribution in [2.24, 2.45) is 5.14 Å². The summed E-state index contributed by atoms with van der Waals surface area (Å²) in [7, 11) is -4.05. The van der Waals surface area contributed by atoms with Gasteiger partial charge in [0.25, 0.3) is 12.3 Å². The maximum atomic E-state index is 11.8. The van der Waals surface area contributed by atoms with Crippen LogP contribution in [-0.4, -0.2) is 40.5 Å². The number of carbonyl (C=O) groups excluding carboxylic acids is 1. The average Bonchev–Trinajstić information content (AvgIpc) is 2.36. The zero-order valence-corrected chi connectivity index (χ0v) is 12.3. The van der Waals surface area contributed by atoms with Crippen LogP contribution in [0.2, 0.25) is 5.02 Å². The van der Waals surface area contributed by atoms with Crippen LogP contribution in [-0.2, 0) is 14.8 Å². The molecule has 1 aromatic carbocycles. The van der Waals surface area contributed by atoms with E-state index in [0.29, 0.717) is 0 Å². The second-order valence-corrected chi connectivity index (χ2v) is 5.85. The average molecular weight is 343 g/mol. The Morgan fingerprint density at radius 1 is 1.43 bits per heavy atom. The Bertz CT molecular complexity index is 610. The summed E-state index contributed by atoms with van der Waals surface area (Å²) in [5.41, 5.74) is 0.0253. The predicted molar refractivity (Wildman–Crippen MR) is 72.0 cm³/mol. The van der Waals surface area contributed by atoms with Crippen LogP contribution in [0, 0.1) is 0 Å². The van der Waals surface area contributed by atoms with E-state index >= 15 is 0 Å². The van der Waals surface area contributed by atoms with Crippen molar-refractivity contribution in [1.82, 2.24) is 5.32 Å². The second kappa shape index (κ2) is 7.64. The summed E-state index contributed by atoms with van der Waals surface area (Å²) in [5.74, 6) is -0.600. The third kappa shape index (κ3) is 5.92. The third-order valence-electron chi connectivity index (χ3n) is 2.28. The van der Waals surface area contributed by atoms with Crippen molar-refractivity contribution in [3.05, 3.63) is 28.8 Å². The van der Waals surface area contributed by atoms with Gasteiger partial charge in [-0.15, -0.1) is 0 Å². The van der Waals surface area contributed by atoms with Crippen LogP contribution in [0.5, 0.6) is 0 Å². The van der Waals surface area contributed by atoms with E-state index < -0.39 is 29.0 Å². The van der Waals surface area contributed by atoms with Gasteiger partial charge in [-0.3, -0.25) is 4.79 Å². The lowest BCUT2D eigenvalue weighted by Crippen LogP contribution is -2.28. The molecular weight excluding hydrogens is 330 g/mol. The van der Waals surface area contributed by atoms with Crippen LogP contribution >= 0.6 is 11.6 Å². The van der Waals surface area contributed by atoms with Crippen LogP contribution in [0.25, 0.3) is 0 Å². The fourth-order valence-corrected chi connectivity index (χ4v) is 2.45. The first-order chi connectivity index (χ1) is 9.71. The molecule has 1 amide bonds. The van der Waals surface area contributed by atoms with E-state index in [1.54, 1.807) is 0 Å². The van der Waals surface area contributed by atoms with Gasteiger partial charge < -0.3 is 10.1 Å². The van der Waals surface area contributed by atoms with E-state index in [2.05, 4.69) is 10.1 Å². The van der Waals surface area contributed by atoms with Gasteiger partial charge in [-0.1, -0.05) is 11.6 Å². The molecule has 10 heteroatoms. The number of halogens is 3. The summed E-state index contributed by atoms with van der Waals surface area (Å²) in [5, 5.41) is 7.24. The molecule has 0 aliphatic carbocycles. The fourth-order valence-electron chi connectivity index (χ4n) is 1.37. The summed E-state index contributed by atoms with van der Waals surface area (Å²) >= 11 is 5.68. The quantitative estimate of drug-likeness (QED) is 0.722. The van der Waals surface area contributed by atoms with Crippen LogP contribution < -0.4 is 10.5 Å². The predicted octanol–water partition coefficient (Wildman–Crippen LogP) is 0.999. The Kier molecular flexibility index (Phi) is 6.46. The van der Waals surface area contributed by atoms with E-state index in [4.69, 9.17) is 16.7 Å². The van der Waals surface area contributed by atoms with Crippen molar-refractivity contribution in [1.29, 1.82) is 0 Å². The zero-order valence-electron chi connectivity index (χ0n) is 10.7. The minimum absolute atomic E-state index is 0.00110. The second-order valence-electron chi connectivity index (χ2n) is 3.91. The first-order valence-corrected chi connectivity index (χ1v) is 7.60. The highest BCUT2D eigenvalue weighted by atomic mass is 35.5. The molecule has 1 rings (SSSR count). The molecular formula is C11H13ClF2N2O4S. The molecule has 0 saturated carbocycles. The van der Waals surface area contributed by atoms with E-state index in [9.17, 15) is 22.0 Å². The van der Waals surface area contributed by atoms with Gasteiger partial charge in [-0.05, 0) is 18.2 Å². The van der Waals surface area contributed by atoms with Gasteiger partial charge >= 0.3 is 0 Å². The SMILES string of the molecule is NS(=O)(=O)c1cc(C(=O)NCCOCC(F)F)ccc1Cl. The van der Waals surface area contributed by atoms with E-state index in [0.717, 1.165) is 6.07 Å². The zero-order chi connectivity index (χ0) is 16.0. The number of carbonyl (C=O) groups is 1. The maximum absolute atomic E-state index is 11.8. The first-order valence-electron chi connectivity index (χ1n) is 5.68. The lowest BCUT2D eigenvalue weighted by atomic mass is 10.2. The van der Waals surface area contributed by atoms with Crippen LogP contribution in [0.3, 0.4) is 0 Å². The number of hydrogen-bond acceptors (Lipinski definition) is 4. The largest absolute Gasteiger partial charge is 0.374 e. The normalized spacial score (nSPS) is 11.7. The summed E-state index contributed by atoms with van der Waals surface area (Å²) in [6.45, 7) is -0.809. The minimum Gasteiger partial charge on any atom is -0.374 e. The smallest absolute Gasteiger partial charge is 0.261 e. The molecule has 3 N–H and O–H groups in total. The molecule has 0 heterocycles. The van der Waals surface area contributed by atoms with Crippen molar-refractivity contribution in [3.63, 3.8) is 0 Å². The third-order valence-corrected chi connectivity index (χ3v) is 3.67. The molecule has 0 aromatic heterocycles. The first kappa shape index (κ1) is 17.8. The lowest BCUT2D eigenvalue weighted by molar-refractivity contribution is 0.0188. The fraction of sp³-hybridized carbons (Fsp3) is 0.364. The number of hydrogen-bond donors (Lipinski definition) is 2. The van der Waals surface area contributed by atoms with Gasteiger partial charge in [-0.2, -0.15) is 0 Å². The monoisotopic (exact) mass is 342 g/mol. The molecule has 0 unspecified atom stereocenters. The number of alkyl halides is 2. The molecule has 0 aliphatic heterocycles. The molecule has 0 fully saturated rings. The molecule has 1 aromatic rings. The number of amides is 1. The number of primary sulfonamides is 1. The number of nitrogens with two attached hydrogens (primary N) is 1. The molecule has 0 aliphatic rings. The molecule has 0 spiro atoms. The van der Waals surface area contributed by atoms with Crippen LogP contribution in [0.15, 0.2) is 23.1 Å². The Labute approximate surface area is 125 Å². The molecule has 0 saturated heterocycles. The molecule has 21 heavy (non-hydrogen) atoms. The highest BCUT2D eigenvalue weighted by Crippen LogP contribution is 2.21. The molecule has 0 radical (unpaired) electrons. The molecule has 0 bridgehead atoms. The summed E-state index contributed by atoms with van der Waals surface area (Å²) in [4.78, 5) is 11.4. The Balaban J connectivity index is 2.63. The van der Waals surface area contributed by atoms with Crippen molar-refractivity contribution in [2.75, 3.05) is 19.8 Å². The maximum Gasteiger partial charge on any atom is 0.261 e. The Hall–Kier alpha value is -1.29. The lowest BCUT2D eigenvalue weighted by Gasteiger charge is -2.08. The molecule has 0 atom stereocenters. The highest BCUT2D eigenvalue weighted by molar-refractivity contribution is 7.89.